The summed E-state index contributed by atoms with van der Waals surface area (Å²) < 4.78 is 13.4. The topological polar surface area (TPSA) is 35.9 Å². The van der Waals surface area contributed by atoms with Gasteiger partial charge in [-0.05, 0) is 132 Å². The van der Waals surface area contributed by atoms with E-state index in [0.29, 0.717) is 11.5 Å². The average Bonchev–Trinajstić information content (AvgIpc) is 3.93. The van der Waals surface area contributed by atoms with Crippen LogP contribution in [0, 0.1) is 18.5 Å². The number of hydrogen-bond acceptors (Lipinski definition) is 2. The van der Waals surface area contributed by atoms with Gasteiger partial charge in [-0.15, -0.1) is 29.7 Å². The van der Waals surface area contributed by atoms with Crippen molar-refractivity contribution in [1.29, 1.82) is 0 Å². The molecule has 0 amide bonds. The van der Waals surface area contributed by atoms with Gasteiger partial charge in [-0.3, -0.25) is 4.57 Å². The van der Waals surface area contributed by atoms with Crippen LogP contribution < -0.4 is 9.30 Å². The molecule has 0 saturated carbocycles. The molecule has 6 heteroatoms. The molecule has 0 saturated heterocycles. The second-order valence-electron chi connectivity index (χ2n) is 24.6. The molecule has 0 unspecified atom stereocenters. The van der Waals surface area contributed by atoms with Crippen LogP contribution in [0.25, 0.3) is 72.3 Å². The van der Waals surface area contributed by atoms with Crippen LogP contribution >= 0.6 is 0 Å². The van der Waals surface area contributed by atoms with Gasteiger partial charge in [-0.2, -0.15) is 18.2 Å². The molecule has 0 aliphatic heterocycles. The monoisotopic (exact) mass is 1150 g/mol. The second kappa shape index (κ2) is 17.8. The van der Waals surface area contributed by atoms with Crippen molar-refractivity contribution in [2.24, 2.45) is 0 Å². The molecular formula is C68H66N4OPt-2. The van der Waals surface area contributed by atoms with E-state index in [4.69, 9.17) is 9.72 Å². The number of rotatable bonds is 7. The minimum absolute atomic E-state index is 0. The Balaban J connectivity index is 0.00000588. The predicted molar refractivity (Wildman–Crippen MR) is 300 cm³/mol. The number of nitrogens with zero attached hydrogens (tertiary/aromatic N) is 4. The molecule has 74 heavy (non-hydrogen) atoms. The van der Waals surface area contributed by atoms with Crippen LogP contribution in [0.4, 0.5) is 0 Å². The van der Waals surface area contributed by atoms with Crippen LogP contribution in [0.3, 0.4) is 0 Å². The average molecular weight is 1150 g/mol. The Hall–Kier alpha value is -6.55. The zero-order valence-electron chi connectivity index (χ0n) is 44.8. The Morgan fingerprint density at radius 3 is 1.74 bits per heavy atom. The van der Waals surface area contributed by atoms with Crippen molar-refractivity contribution < 1.29 is 30.4 Å². The summed E-state index contributed by atoms with van der Waals surface area (Å²) in [4.78, 5) is 4.89. The van der Waals surface area contributed by atoms with Gasteiger partial charge in [-0.25, -0.2) is 4.98 Å². The van der Waals surface area contributed by atoms with Gasteiger partial charge >= 0.3 is 0 Å². The molecular weight excluding hydrogens is 1080 g/mol. The zero-order chi connectivity index (χ0) is 50.8. The molecule has 2 aliphatic rings. The number of aromatic nitrogens is 4. The third-order valence-electron chi connectivity index (χ3n) is 16.8. The van der Waals surface area contributed by atoms with Gasteiger partial charge in [0.15, 0.2) is 0 Å². The third-order valence-corrected chi connectivity index (χ3v) is 16.8. The largest absolute Gasteiger partial charge is 0.510 e. The van der Waals surface area contributed by atoms with E-state index in [1.807, 2.05) is 24.4 Å². The summed E-state index contributed by atoms with van der Waals surface area (Å²) in [6.07, 6.45) is 10.5. The Kier molecular flexibility index (Phi) is 11.9. The van der Waals surface area contributed by atoms with Crippen molar-refractivity contribution in [3.63, 3.8) is 0 Å². The van der Waals surface area contributed by atoms with Crippen LogP contribution in [0.15, 0.2) is 152 Å². The molecule has 7 aromatic carbocycles. The van der Waals surface area contributed by atoms with E-state index in [1.54, 1.807) is 0 Å². The molecule has 0 spiro atoms. The first kappa shape index (κ1) is 49.6. The van der Waals surface area contributed by atoms with E-state index in [9.17, 15) is 0 Å². The van der Waals surface area contributed by atoms with Gasteiger partial charge in [0.05, 0.1) is 16.7 Å². The maximum atomic E-state index is 6.75. The first-order chi connectivity index (χ1) is 34.8. The van der Waals surface area contributed by atoms with Crippen LogP contribution in [-0.4, -0.2) is 14.1 Å². The summed E-state index contributed by atoms with van der Waals surface area (Å²) in [6.45, 7) is 26.0. The second-order valence-corrected chi connectivity index (χ2v) is 24.6. The summed E-state index contributed by atoms with van der Waals surface area (Å²) in [5.41, 5.74) is 18.1. The first-order valence-electron chi connectivity index (χ1n) is 26.3. The summed E-state index contributed by atoms with van der Waals surface area (Å²) in [6, 6.07) is 60.4. The normalized spacial score (nSPS) is 16.4. The molecule has 10 aromatic rings. The fourth-order valence-electron chi connectivity index (χ4n) is 12.1. The zero-order valence-corrected chi connectivity index (χ0v) is 47.0. The van der Waals surface area contributed by atoms with E-state index >= 15 is 0 Å². The van der Waals surface area contributed by atoms with Crippen molar-refractivity contribution in [3.05, 3.63) is 198 Å². The Labute approximate surface area is 452 Å². The number of imidazole rings is 1. The van der Waals surface area contributed by atoms with Gasteiger partial charge in [0.25, 0.3) is 6.33 Å². The van der Waals surface area contributed by atoms with Crippen molar-refractivity contribution >= 4 is 32.8 Å². The summed E-state index contributed by atoms with van der Waals surface area (Å²) in [5, 5.41) is 2.23. The SMILES string of the molecule is CC(C)(C)c1ccnc(-n2c3[c-]c(Oc4[c-]c(-n5[c-][n+](-c6c(-c7ccc8c(c7)C(C)(C)CCC8(C)C)cccc6-c6ccc7c(c6)C(C)(C)CCC7(C)C)c6ccccc65)ccc4)ccc3c3ccccc32)c1.[Pt]. The van der Waals surface area contributed by atoms with Crippen LogP contribution in [0.2, 0.25) is 0 Å². The van der Waals surface area contributed by atoms with E-state index < -0.39 is 0 Å². The maximum Gasteiger partial charge on any atom is 0.268 e. The fraction of sp³-hybridized carbons (Fsp3) is 0.294. The molecule has 3 aromatic heterocycles. The Morgan fingerprint density at radius 1 is 0.541 bits per heavy atom. The molecule has 12 rings (SSSR count). The minimum Gasteiger partial charge on any atom is -0.510 e. The van der Waals surface area contributed by atoms with Crippen molar-refractivity contribution in [2.75, 3.05) is 0 Å². The van der Waals surface area contributed by atoms with Crippen molar-refractivity contribution in [1.82, 2.24) is 14.1 Å². The minimum atomic E-state index is -0.0320. The van der Waals surface area contributed by atoms with Gasteiger partial charge in [0.2, 0.25) is 0 Å². The molecule has 2 aliphatic carbocycles. The maximum absolute atomic E-state index is 6.75. The van der Waals surface area contributed by atoms with Crippen molar-refractivity contribution in [2.45, 2.75) is 129 Å². The molecule has 5 nitrogen and oxygen atoms in total. The fourth-order valence-corrected chi connectivity index (χ4v) is 12.1. The molecule has 376 valence electrons. The van der Waals surface area contributed by atoms with Crippen molar-refractivity contribution in [3.8, 4) is 50.9 Å². The summed E-state index contributed by atoms with van der Waals surface area (Å²) >= 11 is 0. The van der Waals surface area contributed by atoms with E-state index in [1.165, 1.54) is 62.9 Å². The Morgan fingerprint density at radius 2 is 1.11 bits per heavy atom. The van der Waals surface area contributed by atoms with E-state index in [2.05, 4.69) is 236 Å². The van der Waals surface area contributed by atoms with Crippen LogP contribution in [0.5, 0.6) is 11.5 Å². The number of fused-ring (bicyclic) bond motifs is 6. The predicted octanol–water partition coefficient (Wildman–Crippen LogP) is 16.9. The number of ether oxygens (including phenoxy) is 1. The summed E-state index contributed by atoms with van der Waals surface area (Å²) in [7, 11) is 0. The Bertz CT molecular complexity index is 3740. The number of hydrogen-bond donors (Lipinski definition) is 0. The van der Waals surface area contributed by atoms with E-state index in [-0.39, 0.29) is 48.1 Å². The molecule has 0 atom stereocenters. The van der Waals surface area contributed by atoms with Gasteiger partial charge < -0.3 is 13.9 Å². The third kappa shape index (κ3) is 8.35. The number of benzene rings is 7. The smallest absolute Gasteiger partial charge is 0.268 e. The molecule has 0 radical (unpaired) electrons. The standard InChI is InChI=1S/C68H66N4O.Pt/c1-64(2,3)46-32-37-69-62(40-46)72-58-23-13-12-20-52(58)53-29-28-49(42-61(53)72)73-48-19-16-18-47(41-48)70-43-71(60-25-15-14-24-59(60)70)63-50(44-26-30-54-56(38-44)67(8,9)35-33-65(54,4)5)21-17-22-51(63)45-27-31-55-57(39-45)68(10,11)36-34-66(55,6)7;/h12-32,37-40H,33-36H2,1-11H3;/q-2;. The quantitative estimate of drug-likeness (QED) is 0.118. The molecule has 3 heterocycles. The van der Waals surface area contributed by atoms with E-state index in [0.717, 1.165) is 62.9 Å². The number of pyridine rings is 1. The van der Waals surface area contributed by atoms with Crippen LogP contribution in [0.1, 0.15) is 130 Å². The number of para-hydroxylation sites is 4. The van der Waals surface area contributed by atoms with Gasteiger partial charge in [-0.1, -0.05) is 179 Å². The molecule has 0 bridgehead atoms. The first-order valence-corrected chi connectivity index (χ1v) is 26.3. The van der Waals surface area contributed by atoms with Crippen LogP contribution in [-0.2, 0) is 48.1 Å². The van der Waals surface area contributed by atoms with Gasteiger partial charge in [0, 0.05) is 44.3 Å². The summed E-state index contributed by atoms with van der Waals surface area (Å²) in [5.74, 6) is 2.04. The van der Waals surface area contributed by atoms with Gasteiger partial charge in [0.1, 0.15) is 5.82 Å². The molecule has 0 fully saturated rings. The molecule has 0 N–H and O–H groups in total.